The number of hydrogen-bond acceptors (Lipinski definition) is 5. The maximum Gasteiger partial charge on any atom is 0.417 e. The summed E-state index contributed by atoms with van der Waals surface area (Å²) in [6, 6.07) is 19.4. The fourth-order valence-corrected chi connectivity index (χ4v) is 5.00. The number of amides is 1. The van der Waals surface area contributed by atoms with Crippen LogP contribution in [0.3, 0.4) is 0 Å². The third kappa shape index (κ3) is 5.76. The Kier molecular flexibility index (Phi) is 7.44. The van der Waals surface area contributed by atoms with Crippen molar-refractivity contribution in [2.45, 2.75) is 37.0 Å². The van der Waals surface area contributed by atoms with Crippen molar-refractivity contribution in [1.29, 1.82) is 0 Å². The van der Waals surface area contributed by atoms with Gasteiger partial charge < -0.3 is 20.8 Å². The molecule has 1 aromatic heterocycles. The number of fused-ring (bicyclic) bond motifs is 1. The number of carbonyl (C=O) groups is 2. The highest BCUT2D eigenvalue weighted by atomic mass is 19.4. The number of aromatic amines is 1. The SMILES string of the molecule is N[C@@H](Cc1ccccc1)C(=O)OC[C@H]1C[C@H](c2ccc3cc(-c4ccccc4C(F)(F)F)[nH]c(=O)c3c2)C(=O)N1. The number of carbonyl (C=O) groups excluding carboxylic acids is 2. The second kappa shape index (κ2) is 11.0. The summed E-state index contributed by atoms with van der Waals surface area (Å²) < 4.78 is 45.9. The number of nitrogens with two attached hydrogens (primary N) is 1. The maximum absolute atomic E-state index is 13.5. The van der Waals surface area contributed by atoms with E-state index in [1.54, 1.807) is 18.2 Å². The van der Waals surface area contributed by atoms with E-state index in [-0.39, 0.29) is 29.2 Å². The average molecular weight is 550 g/mol. The number of hydrogen-bond donors (Lipinski definition) is 3. The molecule has 10 heteroatoms. The van der Waals surface area contributed by atoms with Crippen molar-refractivity contribution in [2.24, 2.45) is 5.73 Å². The summed E-state index contributed by atoms with van der Waals surface area (Å²) in [7, 11) is 0. The minimum absolute atomic E-state index is 0.0420. The lowest BCUT2D eigenvalue weighted by molar-refractivity contribution is -0.146. The lowest BCUT2D eigenvalue weighted by Crippen LogP contribution is -2.38. The number of aromatic nitrogens is 1. The van der Waals surface area contributed by atoms with Gasteiger partial charge in [-0.05, 0) is 47.6 Å². The van der Waals surface area contributed by atoms with Crippen LogP contribution < -0.4 is 16.6 Å². The number of benzene rings is 3. The Morgan fingerprint density at radius 3 is 2.48 bits per heavy atom. The van der Waals surface area contributed by atoms with Gasteiger partial charge in [0.05, 0.1) is 17.5 Å². The molecule has 0 bridgehead atoms. The van der Waals surface area contributed by atoms with Crippen LogP contribution in [0.1, 0.15) is 29.0 Å². The summed E-state index contributed by atoms with van der Waals surface area (Å²) in [4.78, 5) is 40.6. The molecule has 3 aromatic carbocycles. The minimum atomic E-state index is -4.58. The van der Waals surface area contributed by atoms with Crippen molar-refractivity contribution in [3.05, 3.63) is 106 Å². The molecule has 3 atom stereocenters. The Morgan fingerprint density at radius 2 is 1.73 bits per heavy atom. The fourth-order valence-electron chi connectivity index (χ4n) is 5.00. The highest BCUT2D eigenvalue weighted by Gasteiger charge is 2.35. The molecular weight excluding hydrogens is 523 g/mol. The monoisotopic (exact) mass is 549 g/mol. The lowest BCUT2D eigenvalue weighted by atomic mass is 9.93. The highest BCUT2D eigenvalue weighted by Crippen LogP contribution is 2.37. The molecule has 0 unspecified atom stereocenters. The number of rotatable bonds is 7. The predicted molar refractivity (Wildman–Crippen MR) is 143 cm³/mol. The molecular formula is C30H26F3N3O4. The molecule has 0 radical (unpaired) electrons. The quantitative estimate of drug-likeness (QED) is 0.298. The van der Waals surface area contributed by atoms with E-state index in [0.717, 1.165) is 11.6 Å². The van der Waals surface area contributed by atoms with E-state index in [0.29, 0.717) is 23.8 Å². The predicted octanol–water partition coefficient (Wildman–Crippen LogP) is 4.30. The van der Waals surface area contributed by atoms with Gasteiger partial charge in [-0.3, -0.25) is 14.4 Å². The van der Waals surface area contributed by atoms with Crippen LogP contribution in [0.5, 0.6) is 0 Å². The second-order valence-corrected chi connectivity index (χ2v) is 9.82. The first-order valence-electron chi connectivity index (χ1n) is 12.7. The molecule has 206 valence electrons. The van der Waals surface area contributed by atoms with Crippen LogP contribution in [-0.2, 0) is 26.9 Å². The second-order valence-electron chi connectivity index (χ2n) is 9.82. The summed E-state index contributed by atoms with van der Waals surface area (Å²) in [6.45, 7) is -0.0420. The molecule has 7 nitrogen and oxygen atoms in total. The molecule has 1 fully saturated rings. The summed E-state index contributed by atoms with van der Waals surface area (Å²) >= 11 is 0. The topological polar surface area (TPSA) is 114 Å². The van der Waals surface area contributed by atoms with Crippen LogP contribution in [0.25, 0.3) is 22.0 Å². The van der Waals surface area contributed by atoms with E-state index in [2.05, 4.69) is 10.3 Å². The number of alkyl halides is 3. The minimum Gasteiger partial charge on any atom is -0.462 e. The Hall–Kier alpha value is -4.44. The molecule has 4 aromatic rings. The van der Waals surface area contributed by atoms with E-state index in [1.807, 2.05) is 30.3 Å². The van der Waals surface area contributed by atoms with Crippen LogP contribution in [-0.4, -0.2) is 35.6 Å². The summed E-state index contributed by atoms with van der Waals surface area (Å²) in [6.07, 6.45) is -3.92. The molecule has 0 aliphatic carbocycles. The van der Waals surface area contributed by atoms with Crippen molar-refractivity contribution in [3.63, 3.8) is 0 Å². The first kappa shape index (κ1) is 27.1. The highest BCUT2D eigenvalue weighted by molar-refractivity contribution is 5.90. The third-order valence-corrected chi connectivity index (χ3v) is 7.01. The lowest BCUT2D eigenvalue weighted by Gasteiger charge is -2.15. The van der Waals surface area contributed by atoms with Crippen LogP contribution >= 0.6 is 0 Å². The summed E-state index contributed by atoms with van der Waals surface area (Å²) in [5.74, 6) is -1.43. The molecule has 5 rings (SSSR count). The number of esters is 1. The van der Waals surface area contributed by atoms with E-state index in [1.165, 1.54) is 24.3 Å². The van der Waals surface area contributed by atoms with Crippen LogP contribution in [0.2, 0.25) is 0 Å². The molecule has 4 N–H and O–H groups in total. The third-order valence-electron chi connectivity index (χ3n) is 7.01. The van der Waals surface area contributed by atoms with Crippen molar-refractivity contribution in [2.75, 3.05) is 6.61 Å². The first-order valence-corrected chi connectivity index (χ1v) is 12.7. The van der Waals surface area contributed by atoms with Gasteiger partial charge in [0.25, 0.3) is 5.56 Å². The summed E-state index contributed by atoms with van der Waals surface area (Å²) in [5.41, 5.74) is 5.96. The van der Waals surface area contributed by atoms with Gasteiger partial charge in [-0.2, -0.15) is 13.2 Å². The maximum atomic E-state index is 13.5. The zero-order chi connectivity index (χ0) is 28.4. The standard InChI is InChI=1S/C30H26F3N3O4/c31-30(32,33)24-9-5-4-8-21(24)26-14-19-11-10-18(13-22(19)28(38)36-26)23-15-20(35-27(23)37)16-40-29(39)25(34)12-17-6-2-1-3-7-17/h1-11,13-14,20,23,25H,12,15-16,34H2,(H,35,37)(H,36,38)/t20-,23-,25+/m1/s1. The first-order chi connectivity index (χ1) is 19.1. The van der Waals surface area contributed by atoms with Gasteiger partial charge in [0.15, 0.2) is 0 Å². The van der Waals surface area contributed by atoms with E-state index < -0.39 is 41.3 Å². The molecule has 1 aliphatic rings. The van der Waals surface area contributed by atoms with Gasteiger partial charge in [-0.1, -0.05) is 60.7 Å². The Morgan fingerprint density at radius 1 is 1.00 bits per heavy atom. The number of halogens is 3. The molecule has 1 aliphatic heterocycles. The van der Waals surface area contributed by atoms with E-state index >= 15 is 0 Å². The Balaban J connectivity index is 1.29. The van der Waals surface area contributed by atoms with Gasteiger partial charge in [-0.15, -0.1) is 0 Å². The normalized spacial score (nSPS) is 17.9. The molecule has 1 saturated heterocycles. The Labute approximate surface area is 227 Å². The number of H-pyrrole nitrogens is 1. The fraction of sp³-hybridized carbons (Fsp3) is 0.233. The number of nitrogens with one attached hydrogen (secondary N) is 2. The van der Waals surface area contributed by atoms with E-state index in [4.69, 9.17) is 10.5 Å². The van der Waals surface area contributed by atoms with Crippen LogP contribution in [0, 0.1) is 0 Å². The van der Waals surface area contributed by atoms with Crippen molar-refractivity contribution < 1.29 is 27.5 Å². The van der Waals surface area contributed by atoms with Crippen LogP contribution in [0.15, 0.2) is 83.7 Å². The van der Waals surface area contributed by atoms with Crippen molar-refractivity contribution in [3.8, 4) is 11.3 Å². The smallest absolute Gasteiger partial charge is 0.417 e. The largest absolute Gasteiger partial charge is 0.462 e. The van der Waals surface area contributed by atoms with Crippen LogP contribution in [0.4, 0.5) is 13.2 Å². The molecule has 0 saturated carbocycles. The average Bonchev–Trinajstić information content (AvgIpc) is 3.31. The summed E-state index contributed by atoms with van der Waals surface area (Å²) in [5, 5.41) is 3.50. The number of ether oxygens (including phenoxy) is 1. The number of pyridine rings is 1. The van der Waals surface area contributed by atoms with Gasteiger partial charge in [-0.25, -0.2) is 0 Å². The van der Waals surface area contributed by atoms with Gasteiger partial charge in [0.2, 0.25) is 5.91 Å². The van der Waals surface area contributed by atoms with Crippen molar-refractivity contribution >= 4 is 22.6 Å². The van der Waals surface area contributed by atoms with E-state index in [9.17, 15) is 27.6 Å². The molecule has 2 heterocycles. The zero-order valence-electron chi connectivity index (χ0n) is 21.2. The van der Waals surface area contributed by atoms with Crippen molar-refractivity contribution in [1.82, 2.24) is 10.3 Å². The van der Waals surface area contributed by atoms with Gasteiger partial charge in [0, 0.05) is 16.6 Å². The molecule has 0 spiro atoms. The van der Waals surface area contributed by atoms with Gasteiger partial charge >= 0.3 is 12.1 Å². The Bertz CT molecular complexity index is 1620. The molecule has 1 amide bonds. The molecule has 40 heavy (non-hydrogen) atoms. The van der Waals surface area contributed by atoms with Gasteiger partial charge in [0.1, 0.15) is 12.6 Å². The zero-order valence-corrected chi connectivity index (χ0v) is 21.2.